The van der Waals surface area contributed by atoms with Gasteiger partial charge < -0.3 is 9.73 Å². The van der Waals surface area contributed by atoms with E-state index >= 15 is 0 Å². The van der Waals surface area contributed by atoms with E-state index in [0.717, 1.165) is 44.4 Å². The molecule has 7 aromatic rings. The van der Waals surface area contributed by atoms with Crippen LogP contribution in [0.25, 0.3) is 55.3 Å². The summed E-state index contributed by atoms with van der Waals surface area (Å²) >= 11 is 0. The Labute approximate surface area is 221 Å². The van der Waals surface area contributed by atoms with E-state index < -0.39 is 0 Å². The first kappa shape index (κ1) is 22.1. The molecule has 0 saturated carbocycles. The Morgan fingerprint density at radius 3 is 1.97 bits per heavy atom. The van der Waals surface area contributed by atoms with E-state index in [9.17, 15) is 0 Å². The van der Waals surface area contributed by atoms with Gasteiger partial charge in [-0.05, 0) is 52.6 Å². The van der Waals surface area contributed by atoms with Crippen molar-refractivity contribution in [1.82, 2.24) is 0 Å². The van der Waals surface area contributed by atoms with Gasteiger partial charge in [-0.15, -0.1) is 0 Å². The lowest BCUT2D eigenvalue weighted by Crippen LogP contribution is -1.93. The molecule has 7 rings (SSSR count). The number of furan rings is 1. The average Bonchev–Trinajstić information content (AvgIpc) is 3.37. The second kappa shape index (κ2) is 9.42. The normalized spacial score (nSPS) is 11.2. The van der Waals surface area contributed by atoms with Gasteiger partial charge in [0.05, 0.1) is 0 Å². The number of hydrogen-bond donors (Lipinski definition) is 1. The molecule has 0 spiro atoms. The minimum atomic E-state index is 0.918. The van der Waals surface area contributed by atoms with Crippen molar-refractivity contribution < 1.29 is 4.42 Å². The molecule has 1 N–H and O–H groups in total. The van der Waals surface area contributed by atoms with Crippen LogP contribution >= 0.6 is 0 Å². The Morgan fingerprint density at radius 2 is 1.08 bits per heavy atom. The number of fused-ring (bicyclic) bond motifs is 3. The van der Waals surface area contributed by atoms with Crippen molar-refractivity contribution in [2.24, 2.45) is 0 Å². The fourth-order valence-electron chi connectivity index (χ4n) is 5.20. The predicted octanol–water partition coefficient (Wildman–Crippen LogP) is 10.3. The molecular formula is C36H25NO. The Morgan fingerprint density at radius 1 is 0.421 bits per heavy atom. The number of nitrogens with one attached hydrogen (secondary N) is 1. The molecule has 0 saturated heterocycles. The lowest BCUT2D eigenvalue weighted by Gasteiger charge is -2.14. The Balaban J connectivity index is 1.20. The largest absolute Gasteiger partial charge is 0.455 e. The Hall–Kier alpha value is -5.08. The first-order valence-electron chi connectivity index (χ1n) is 12.9. The molecule has 38 heavy (non-hydrogen) atoms. The van der Waals surface area contributed by atoms with Crippen LogP contribution in [-0.4, -0.2) is 0 Å². The number of benzene rings is 6. The van der Waals surface area contributed by atoms with Gasteiger partial charge in [0.1, 0.15) is 11.2 Å². The molecule has 0 aliphatic heterocycles. The van der Waals surface area contributed by atoms with Crippen molar-refractivity contribution in [2.75, 3.05) is 5.32 Å². The fraction of sp³-hybridized carbons (Fsp3) is 0. The topological polar surface area (TPSA) is 25.2 Å². The van der Waals surface area contributed by atoms with Crippen molar-refractivity contribution in [3.63, 3.8) is 0 Å². The molecule has 0 bridgehead atoms. The second-order valence-corrected chi connectivity index (χ2v) is 9.48. The van der Waals surface area contributed by atoms with Crippen LogP contribution in [0.1, 0.15) is 0 Å². The van der Waals surface area contributed by atoms with Gasteiger partial charge in [0.15, 0.2) is 0 Å². The second-order valence-electron chi connectivity index (χ2n) is 9.48. The Bertz CT molecular complexity index is 1880. The molecule has 0 aliphatic carbocycles. The molecule has 180 valence electrons. The van der Waals surface area contributed by atoms with Gasteiger partial charge in [0.2, 0.25) is 0 Å². The van der Waals surface area contributed by atoms with Gasteiger partial charge in [-0.25, -0.2) is 0 Å². The SMILES string of the molecule is c1ccc(-c2cccc(-c3ccccc3Nc3ccc(-c4cccc5c4oc4ccccc45)cc3)c2)cc1. The molecule has 0 atom stereocenters. The van der Waals surface area contributed by atoms with Crippen LogP contribution in [-0.2, 0) is 0 Å². The summed E-state index contributed by atoms with van der Waals surface area (Å²) in [6.07, 6.45) is 0. The third kappa shape index (κ3) is 4.03. The maximum Gasteiger partial charge on any atom is 0.143 e. The highest BCUT2D eigenvalue weighted by atomic mass is 16.3. The molecule has 0 radical (unpaired) electrons. The average molecular weight is 488 g/mol. The van der Waals surface area contributed by atoms with E-state index in [1.165, 1.54) is 22.3 Å². The zero-order valence-electron chi connectivity index (χ0n) is 20.8. The first-order valence-corrected chi connectivity index (χ1v) is 12.9. The van der Waals surface area contributed by atoms with Crippen LogP contribution in [0, 0.1) is 0 Å². The summed E-state index contributed by atoms with van der Waals surface area (Å²) < 4.78 is 6.25. The smallest absolute Gasteiger partial charge is 0.143 e. The highest BCUT2D eigenvalue weighted by molar-refractivity contribution is 6.09. The van der Waals surface area contributed by atoms with Crippen molar-refractivity contribution in [3.8, 4) is 33.4 Å². The summed E-state index contributed by atoms with van der Waals surface area (Å²) in [6.45, 7) is 0. The van der Waals surface area contributed by atoms with Crippen LogP contribution in [0.2, 0.25) is 0 Å². The van der Waals surface area contributed by atoms with Crippen LogP contribution in [0.15, 0.2) is 150 Å². The molecular weight excluding hydrogens is 462 g/mol. The van der Waals surface area contributed by atoms with E-state index in [-0.39, 0.29) is 0 Å². The van der Waals surface area contributed by atoms with Crippen molar-refractivity contribution in [3.05, 3.63) is 146 Å². The lowest BCUT2D eigenvalue weighted by atomic mass is 9.98. The van der Waals surface area contributed by atoms with Crippen LogP contribution in [0.3, 0.4) is 0 Å². The molecule has 0 amide bonds. The lowest BCUT2D eigenvalue weighted by molar-refractivity contribution is 0.670. The number of para-hydroxylation sites is 3. The van der Waals surface area contributed by atoms with Gasteiger partial charge in [0, 0.05) is 33.3 Å². The molecule has 2 heteroatoms. The van der Waals surface area contributed by atoms with Gasteiger partial charge in [-0.3, -0.25) is 0 Å². The predicted molar refractivity (Wildman–Crippen MR) is 160 cm³/mol. The standard InChI is InChI=1S/C36H25NO/c1-2-10-25(11-3-1)27-12-8-13-28(24-27)30-14-4-6-18-34(30)37-29-22-20-26(21-23-29)31-16-9-17-33-32-15-5-7-19-35(32)38-36(31)33/h1-24,37H. The maximum absolute atomic E-state index is 6.25. The minimum absolute atomic E-state index is 0.918. The zero-order chi connectivity index (χ0) is 25.3. The van der Waals surface area contributed by atoms with Gasteiger partial charge in [-0.2, -0.15) is 0 Å². The van der Waals surface area contributed by atoms with E-state index in [0.29, 0.717) is 0 Å². The number of anilines is 2. The summed E-state index contributed by atoms with van der Waals surface area (Å²) in [4.78, 5) is 0. The third-order valence-corrected chi connectivity index (χ3v) is 7.09. The van der Waals surface area contributed by atoms with Crippen LogP contribution < -0.4 is 5.32 Å². The van der Waals surface area contributed by atoms with Crippen molar-refractivity contribution in [1.29, 1.82) is 0 Å². The molecule has 0 fully saturated rings. The summed E-state index contributed by atoms with van der Waals surface area (Å²) in [5, 5.41) is 5.94. The summed E-state index contributed by atoms with van der Waals surface area (Å²) in [6, 6.07) is 50.8. The molecule has 0 aliphatic rings. The Kier molecular flexibility index (Phi) is 5.49. The summed E-state index contributed by atoms with van der Waals surface area (Å²) in [5.41, 5.74) is 11.0. The van der Waals surface area contributed by atoms with Crippen LogP contribution in [0.5, 0.6) is 0 Å². The van der Waals surface area contributed by atoms with E-state index in [2.05, 4.69) is 139 Å². The fourth-order valence-corrected chi connectivity index (χ4v) is 5.20. The number of rotatable bonds is 5. The third-order valence-electron chi connectivity index (χ3n) is 7.09. The molecule has 6 aromatic carbocycles. The monoisotopic (exact) mass is 487 g/mol. The van der Waals surface area contributed by atoms with Crippen molar-refractivity contribution in [2.45, 2.75) is 0 Å². The summed E-state index contributed by atoms with van der Waals surface area (Å²) in [5.74, 6) is 0. The quantitative estimate of drug-likeness (QED) is 0.261. The van der Waals surface area contributed by atoms with Gasteiger partial charge in [-0.1, -0.05) is 115 Å². The van der Waals surface area contributed by atoms with E-state index in [4.69, 9.17) is 4.42 Å². The van der Waals surface area contributed by atoms with Crippen LogP contribution in [0.4, 0.5) is 11.4 Å². The summed E-state index contributed by atoms with van der Waals surface area (Å²) in [7, 11) is 0. The van der Waals surface area contributed by atoms with Gasteiger partial charge in [0.25, 0.3) is 0 Å². The van der Waals surface area contributed by atoms with Crippen molar-refractivity contribution >= 4 is 33.3 Å². The van der Waals surface area contributed by atoms with E-state index in [1.807, 2.05) is 12.1 Å². The minimum Gasteiger partial charge on any atom is -0.455 e. The highest BCUT2D eigenvalue weighted by Crippen LogP contribution is 2.37. The van der Waals surface area contributed by atoms with E-state index in [1.54, 1.807) is 0 Å². The maximum atomic E-state index is 6.25. The zero-order valence-corrected chi connectivity index (χ0v) is 20.8. The first-order chi connectivity index (χ1) is 18.8. The molecule has 1 heterocycles. The molecule has 1 aromatic heterocycles. The van der Waals surface area contributed by atoms with Gasteiger partial charge >= 0.3 is 0 Å². The molecule has 0 unspecified atom stereocenters. The highest BCUT2D eigenvalue weighted by Gasteiger charge is 2.12. The number of hydrogen-bond acceptors (Lipinski definition) is 2. The molecule has 2 nitrogen and oxygen atoms in total.